The van der Waals surface area contributed by atoms with E-state index in [4.69, 9.17) is 9.47 Å². The van der Waals surface area contributed by atoms with E-state index in [-0.39, 0.29) is 0 Å². The lowest BCUT2D eigenvalue weighted by Gasteiger charge is -2.13. The average molecular weight is 362 g/mol. The summed E-state index contributed by atoms with van der Waals surface area (Å²) in [5.41, 5.74) is 3.65. The molecule has 0 aliphatic rings. The lowest BCUT2D eigenvalue weighted by molar-refractivity contribution is 0.284. The maximum Gasteiger partial charge on any atom is 0.161 e. The van der Waals surface area contributed by atoms with Crippen molar-refractivity contribution >= 4 is 0 Å². The molecule has 0 amide bonds. The standard InChI is InChI=1S/C23H26N2O2/c1-26-23-16-21(17-25-13-5-8-19-6-3-2-4-7-19)9-10-22(23)27-18-20-11-14-24-15-12-20/h2-4,6-7,9-12,14-16,25H,5,8,13,17-18H2,1H3. The molecule has 0 spiro atoms. The maximum atomic E-state index is 5.89. The first kappa shape index (κ1) is 18.9. The van der Waals surface area contributed by atoms with E-state index in [9.17, 15) is 0 Å². The fourth-order valence-corrected chi connectivity index (χ4v) is 2.88. The number of hydrogen-bond acceptors (Lipinski definition) is 4. The number of nitrogens with one attached hydrogen (secondary N) is 1. The second kappa shape index (κ2) is 10.3. The zero-order valence-corrected chi connectivity index (χ0v) is 15.7. The van der Waals surface area contributed by atoms with E-state index in [1.165, 1.54) is 11.1 Å². The molecule has 0 saturated heterocycles. The van der Waals surface area contributed by atoms with Crippen LogP contribution in [-0.2, 0) is 19.6 Å². The number of aromatic nitrogens is 1. The van der Waals surface area contributed by atoms with Crippen molar-refractivity contribution in [3.63, 3.8) is 0 Å². The van der Waals surface area contributed by atoms with Crippen LogP contribution in [0.15, 0.2) is 73.1 Å². The van der Waals surface area contributed by atoms with E-state index in [0.29, 0.717) is 6.61 Å². The number of pyridine rings is 1. The number of hydrogen-bond donors (Lipinski definition) is 1. The van der Waals surface area contributed by atoms with Crippen LogP contribution in [0.25, 0.3) is 0 Å². The van der Waals surface area contributed by atoms with Gasteiger partial charge in [0.25, 0.3) is 0 Å². The molecule has 0 unspecified atom stereocenters. The minimum absolute atomic E-state index is 0.496. The molecule has 27 heavy (non-hydrogen) atoms. The number of methoxy groups -OCH3 is 1. The van der Waals surface area contributed by atoms with Gasteiger partial charge in [-0.15, -0.1) is 0 Å². The summed E-state index contributed by atoms with van der Waals surface area (Å²) in [6.07, 6.45) is 5.75. The van der Waals surface area contributed by atoms with Crippen LogP contribution in [0, 0.1) is 0 Å². The number of benzene rings is 2. The van der Waals surface area contributed by atoms with Crippen molar-refractivity contribution in [3.05, 3.63) is 89.7 Å². The Kier molecular flexibility index (Phi) is 7.25. The molecule has 2 aromatic carbocycles. The van der Waals surface area contributed by atoms with E-state index in [1.54, 1.807) is 19.5 Å². The van der Waals surface area contributed by atoms with Crippen LogP contribution in [-0.4, -0.2) is 18.6 Å². The zero-order valence-electron chi connectivity index (χ0n) is 15.7. The number of nitrogens with zero attached hydrogens (tertiary/aromatic N) is 1. The van der Waals surface area contributed by atoms with Crippen LogP contribution in [0.3, 0.4) is 0 Å². The molecule has 4 heteroatoms. The van der Waals surface area contributed by atoms with Gasteiger partial charge in [-0.1, -0.05) is 36.4 Å². The van der Waals surface area contributed by atoms with Gasteiger partial charge in [0, 0.05) is 18.9 Å². The predicted octanol–water partition coefficient (Wildman–Crippen LogP) is 4.39. The highest BCUT2D eigenvalue weighted by Gasteiger charge is 2.06. The van der Waals surface area contributed by atoms with Gasteiger partial charge in [0.15, 0.2) is 11.5 Å². The van der Waals surface area contributed by atoms with Crippen LogP contribution in [0.5, 0.6) is 11.5 Å². The van der Waals surface area contributed by atoms with Gasteiger partial charge in [0.1, 0.15) is 6.61 Å². The Morgan fingerprint density at radius 1 is 0.852 bits per heavy atom. The summed E-state index contributed by atoms with van der Waals surface area (Å²) in [7, 11) is 1.67. The first-order valence-electron chi connectivity index (χ1n) is 9.28. The third-order valence-corrected chi connectivity index (χ3v) is 4.36. The third-order valence-electron chi connectivity index (χ3n) is 4.36. The van der Waals surface area contributed by atoms with Crippen molar-refractivity contribution in [3.8, 4) is 11.5 Å². The summed E-state index contributed by atoms with van der Waals surface area (Å²) < 4.78 is 11.4. The van der Waals surface area contributed by atoms with Crippen molar-refractivity contribution in [2.45, 2.75) is 26.0 Å². The molecule has 1 heterocycles. The van der Waals surface area contributed by atoms with Crippen molar-refractivity contribution in [2.75, 3.05) is 13.7 Å². The lowest BCUT2D eigenvalue weighted by atomic mass is 10.1. The normalized spacial score (nSPS) is 10.6. The highest BCUT2D eigenvalue weighted by molar-refractivity contribution is 5.43. The average Bonchev–Trinajstić information content (AvgIpc) is 2.74. The first-order valence-corrected chi connectivity index (χ1v) is 9.28. The van der Waals surface area contributed by atoms with Crippen molar-refractivity contribution in [2.24, 2.45) is 0 Å². The van der Waals surface area contributed by atoms with Crippen molar-refractivity contribution < 1.29 is 9.47 Å². The molecule has 4 nitrogen and oxygen atoms in total. The van der Waals surface area contributed by atoms with Crippen LogP contribution in [0.2, 0.25) is 0 Å². The van der Waals surface area contributed by atoms with Crippen LogP contribution in [0.1, 0.15) is 23.1 Å². The topological polar surface area (TPSA) is 43.4 Å². The van der Waals surface area contributed by atoms with Crippen molar-refractivity contribution in [1.82, 2.24) is 10.3 Å². The van der Waals surface area contributed by atoms with Gasteiger partial charge in [-0.25, -0.2) is 0 Å². The predicted molar refractivity (Wildman–Crippen MR) is 108 cm³/mol. The Labute approximate surface area is 161 Å². The highest BCUT2D eigenvalue weighted by atomic mass is 16.5. The maximum absolute atomic E-state index is 5.89. The fraction of sp³-hybridized carbons (Fsp3) is 0.261. The first-order chi connectivity index (χ1) is 13.3. The largest absolute Gasteiger partial charge is 0.493 e. The molecule has 0 aliphatic carbocycles. The molecule has 140 valence electrons. The van der Waals surface area contributed by atoms with Gasteiger partial charge < -0.3 is 14.8 Å². The Hall–Kier alpha value is -2.85. The second-order valence-corrected chi connectivity index (χ2v) is 6.40. The Bertz CT molecular complexity index is 807. The molecular formula is C23H26N2O2. The number of ether oxygens (including phenoxy) is 2. The molecule has 0 bridgehead atoms. The fourth-order valence-electron chi connectivity index (χ4n) is 2.88. The molecule has 1 aromatic heterocycles. The zero-order chi connectivity index (χ0) is 18.7. The van der Waals surface area contributed by atoms with Gasteiger partial charge in [-0.2, -0.15) is 0 Å². The quantitative estimate of drug-likeness (QED) is 0.543. The summed E-state index contributed by atoms with van der Waals surface area (Å²) in [5.74, 6) is 1.51. The summed E-state index contributed by atoms with van der Waals surface area (Å²) in [5, 5.41) is 3.50. The van der Waals surface area contributed by atoms with E-state index in [0.717, 1.165) is 43.0 Å². The number of aryl methyl sites for hydroxylation is 1. The van der Waals surface area contributed by atoms with Gasteiger partial charge in [0.05, 0.1) is 7.11 Å². The van der Waals surface area contributed by atoms with Gasteiger partial charge in [-0.3, -0.25) is 4.98 Å². The summed E-state index contributed by atoms with van der Waals surface area (Å²) in [6.45, 7) is 2.29. The van der Waals surface area contributed by atoms with E-state index in [2.05, 4.69) is 46.7 Å². The molecule has 0 aliphatic heterocycles. The lowest BCUT2D eigenvalue weighted by Crippen LogP contribution is -2.15. The Morgan fingerprint density at radius 3 is 2.44 bits per heavy atom. The van der Waals surface area contributed by atoms with Gasteiger partial charge in [0.2, 0.25) is 0 Å². The van der Waals surface area contributed by atoms with E-state index >= 15 is 0 Å². The molecule has 0 radical (unpaired) electrons. The summed E-state index contributed by atoms with van der Waals surface area (Å²) >= 11 is 0. The smallest absolute Gasteiger partial charge is 0.161 e. The monoisotopic (exact) mass is 362 g/mol. The number of rotatable bonds is 10. The molecule has 0 saturated carbocycles. The minimum atomic E-state index is 0.496. The molecule has 3 aromatic rings. The van der Waals surface area contributed by atoms with Crippen molar-refractivity contribution in [1.29, 1.82) is 0 Å². The Morgan fingerprint density at radius 2 is 1.67 bits per heavy atom. The molecule has 0 fully saturated rings. The molecule has 0 atom stereocenters. The second-order valence-electron chi connectivity index (χ2n) is 6.40. The third kappa shape index (κ3) is 6.12. The highest BCUT2D eigenvalue weighted by Crippen LogP contribution is 2.28. The van der Waals surface area contributed by atoms with Gasteiger partial charge in [-0.05, 0) is 60.3 Å². The van der Waals surface area contributed by atoms with Crippen LogP contribution < -0.4 is 14.8 Å². The van der Waals surface area contributed by atoms with Crippen LogP contribution in [0.4, 0.5) is 0 Å². The summed E-state index contributed by atoms with van der Waals surface area (Å²) in [6, 6.07) is 20.6. The summed E-state index contributed by atoms with van der Waals surface area (Å²) in [4.78, 5) is 4.02. The van der Waals surface area contributed by atoms with E-state index in [1.807, 2.05) is 24.3 Å². The molecular weight excluding hydrogens is 336 g/mol. The Balaban J connectivity index is 1.45. The van der Waals surface area contributed by atoms with E-state index < -0.39 is 0 Å². The van der Waals surface area contributed by atoms with Gasteiger partial charge >= 0.3 is 0 Å². The van der Waals surface area contributed by atoms with Crippen LogP contribution >= 0.6 is 0 Å². The SMILES string of the molecule is COc1cc(CNCCCc2ccccc2)ccc1OCc1ccncc1. The minimum Gasteiger partial charge on any atom is -0.493 e. The molecule has 3 rings (SSSR count). The molecule has 1 N–H and O–H groups in total.